The van der Waals surface area contributed by atoms with Crippen molar-refractivity contribution in [3.05, 3.63) is 146 Å². The largest absolute Gasteiger partial charge is 0.387 e. The Kier molecular flexibility index (Phi) is 5.82. The molecule has 0 saturated carbocycles. The lowest BCUT2D eigenvalue weighted by Crippen LogP contribution is -2.09. The van der Waals surface area contributed by atoms with Gasteiger partial charge in [0, 0.05) is 41.8 Å². The van der Waals surface area contributed by atoms with Crippen molar-refractivity contribution in [2.45, 2.75) is 0 Å². The van der Waals surface area contributed by atoms with Gasteiger partial charge in [0.1, 0.15) is 0 Å². The molecule has 2 aromatic heterocycles. The first-order valence-electron chi connectivity index (χ1n) is 14.2. The van der Waals surface area contributed by atoms with Crippen LogP contribution in [0.3, 0.4) is 0 Å². The van der Waals surface area contributed by atoms with Gasteiger partial charge in [0.25, 0.3) is 0 Å². The van der Waals surface area contributed by atoms with E-state index >= 15 is 0 Å². The predicted octanol–water partition coefficient (Wildman–Crippen LogP) is 8.83. The lowest BCUT2D eigenvalue weighted by atomic mass is 9.92. The van der Waals surface area contributed by atoms with Gasteiger partial charge in [0.05, 0.1) is 11.4 Å². The summed E-state index contributed by atoms with van der Waals surface area (Å²) in [5.41, 5.74) is 7.02. The maximum Gasteiger partial charge on any atom is 0.160 e. The number of nitrogens with zero attached hydrogens (tertiary/aromatic N) is 3. The second-order valence-corrected chi connectivity index (χ2v) is 10.5. The lowest BCUT2D eigenvalue weighted by molar-refractivity contribution is 0.973. The molecular formula is C38H26N4. The van der Waals surface area contributed by atoms with E-state index in [0.717, 1.165) is 40.2 Å². The summed E-state index contributed by atoms with van der Waals surface area (Å²) in [7, 11) is 0. The third-order valence-corrected chi connectivity index (χ3v) is 7.99. The van der Waals surface area contributed by atoms with E-state index in [0.29, 0.717) is 5.82 Å². The van der Waals surface area contributed by atoms with E-state index in [1.807, 2.05) is 30.6 Å². The number of pyridine rings is 1. The fourth-order valence-corrected chi connectivity index (χ4v) is 5.92. The topological polar surface area (TPSA) is 50.7 Å². The number of dihydropyridines is 1. The number of rotatable bonds is 4. The molecular weight excluding hydrogens is 512 g/mol. The standard InChI is InChI=1S/C38H26N4/c1-2-11-32-30(9-1)31-10-3-4-12-33(31)35-21-27(17-18-34(32)35)25-13-15-26(16-14-25)38-41-36(28-7-5-19-39-23-28)22-37(42-38)29-8-6-20-40-24-29/h1-19,21-24,40H,20H2. The average Bonchev–Trinajstić information content (AvgIpc) is 3.09. The molecule has 0 unspecified atom stereocenters. The minimum absolute atomic E-state index is 0.689. The van der Waals surface area contributed by atoms with Gasteiger partial charge in [-0.2, -0.15) is 0 Å². The molecule has 4 heteroatoms. The van der Waals surface area contributed by atoms with Gasteiger partial charge in [0.15, 0.2) is 5.82 Å². The predicted molar refractivity (Wildman–Crippen MR) is 174 cm³/mol. The molecule has 0 spiro atoms. The number of nitrogens with one attached hydrogen (secondary N) is 1. The molecule has 0 radical (unpaired) electrons. The minimum Gasteiger partial charge on any atom is -0.387 e. The van der Waals surface area contributed by atoms with Gasteiger partial charge in [-0.3, -0.25) is 4.98 Å². The molecule has 42 heavy (non-hydrogen) atoms. The summed E-state index contributed by atoms with van der Waals surface area (Å²) in [5.74, 6) is 0.689. The van der Waals surface area contributed by atoms with Gasteiger partial charge < -0.3 is 5.32 Å². The number of aromatic nitrogens is 3. The van der Waals surface area contributed by atoms with Crippen LogP contribution in [-0.4, -0.2) is 21.5 Å². The van der Waals surface area contributed by atoms with Crippen LogP contribution in [0.5, 0.6) is 0 Å². The van der Waals surface area contributed by atoms with Gasteiger partial charge in [0.2, 0.25) is 0 Å². The summed E-state index contributed by atoms with van der Waals surface area (Å²) < 4.78 is 0. The van der Waals surface area contributed by atoms with Crippen molar-refractivity contribution in [3.63, 3.8) is 0 Å². The Hall–Kier alpha value is -5.61. The van der Waals surface area contributed by atoms with Crippen LogP contribution in [-0.2, 0) is 0 Å². The van der Waals surface area contributed by atoms with Crippen LogP contribution in [0.15, 0.2) is 140 Å². The number of allylic oxidation sites excluding steroid dienone is 2. The van der Waals surface area contributed by atoms with Gasteiger partial charge in [-0.05, 0) is 67.7 Å². The van der Waals surface area contributed by atoms with E-state index in [2.05, 4.69) is 113 Å². The zero-order valence-electron chi connectivity index (χ0n) is 22.8. The number of benzene rings is 5. The van der Waals surface area contributed by atoms with Crippen molar-refractivity contribution < 1.29 is 0 Å². The molecule has 5 aromatic carbocycles. The van der Waals surface area contributed by atoms with E-state index in [9.17, 15) is 0 Å². The molecule has 4 nitrogen and oxygen atoms in total. The van der Waals surface area contributed by atoms with E-state index in [1.54, 1.807) is 6.20 Å². The van der Waals surface area contributed by atoms with Crippen molar-refractivity contribution in [2.24, 2.45) is 0 Å². The monoisotopic (exact) mass is 538 g/mol. The molecule has 1 N–H and O–H groups in total. The number of hydrogen-bond donors (Lipinski definition) is 1. The first-order valence-corrected chi connectivity index (χ1v) is 14.2. The summed E-state index contributed by atoms with van der Waals surface area (Å²) in [6.45, 7) is 0.819. The Balaban J connectivity index is 1.22. The summed E-state index contributed by atoms with van der Waals surface area (Å²) in [6, 6.07) is 38.8. The molecule has 198 valence electrons. The minimum atomic E-state index is 0.689. The highest BCUT2D eigenvalue weighted by atomic mass is 14.9. The fourth-order valence-electron chi connectivity index (χ4n) is 5.92. The van der Waals surface area contributed by atoms with Gasteiger partial charge in [-0.15, -0.1) is 0 Å². The van der Waals surface area contributed by atoms with Crippen molar-refractivity contribution in [1.29, 1.82) is 0 Å². The maximum atomic E-state index is 4.97. The van der Waals surface area contributed by atoms with Crippen LogP contribution in [0.25, 0.3) is 71.7 Å². The SMILES string of the molecule is C1=CC(c2cc(-c3cccnc3)nc(-c3ccc(-c4ccc5c6ccccc6c6ccccc6c5c4)cc3)n2)=CNC1. The van der Waals surface area contributed by atoms with Crippen LogP contribution in [0.2, 0.25) is 0 Å². The Bertz CT molecular complexity index is 2140. The molecule has 0 atom stereocenters. The van der Waals surface area contributed by atoms with Crippen LogP contribution in [0.4, 0.5) is 0 Å². The van der Waals surface area contributed by atoms with Gasteiger partial charge in [-0.1, -0.05) is 97.1 Å². The number of hydrogen-bond acceptors (Lipinski definition) is 4. The first kappa shape index (κ1) is 24.2. The summed E-state index contributed by atoms with van der Waals surface area (Å²) in [4.78, 5) is 14.2. The third kappa shape index (κ3) is 4.21. The second kappa shape index (κ2) is 10.1. The van der Waals surface area contributed by atoms with Crippen molar-refractivity contribution in [1.82, 2.24) is 20.3 Å². The molecule has 3 heterocycles. The molecule has 0 amide bonds. The summed E-state index contributed by atoms with van der Waals surface area (Å²) in [5, 5.41) is 11.0. The highest BCUT2D eigenvalue weighted by Crippen LogP contribution is 2.37. The van der Waals surface area contributed by atoms with Crippen LogP contribution in [0.1, 0.15) is 5.69 Å². The van der Waals surface area contributed by atoms with Gasteiger partial charge in [-0.25, -0.2) is 9.97 Å². The Labute approximate surface area is 243 Å². The highest BCUT2D eigenvalue weighted by Gasteiger charge is 2.13. The molecule has 0 fully saturated rings. The smallest absolute Gasteiger partial charge is 0.160 e. The van der Waals surface area contributed by atoms with E-state index < -0.39 is 0 Å². The zero-order chi connectivity index (χ0) is 27.9. The first-order chi connectivity index (χ1) is 20.8. The average molecular weight is 539 g/mol. The molecule has 0 saturated heterocycles. The Morgan fingerprint density at radius 2 is 1.17 bits per heavy atom. The van der Waals surface area contributed by atoms with Crippen molar-refractivity contribution in [2.75, 3.05) is 6.54 Å². The molecule has 0 aliphatic carbocycles. The molecule has 0 bridgehead atoms. The zero-order valence-corrected chi connectivity index (χ0v) is 22.8. The maximum absolute atomic E-state index is 4.97. The Morgan fingerprint density at radius 3 is 1.83 bits per heavy atom. The van der Waals surface area contributed by atoms with Crippen LogP contribution in [0, 0.1) is 0 Å². The lowest BCUT2D eigenvalue weighted by Gasteiger charge is -2.13. The molecule has 1 aliphatic heterocycles. The van der Waals surface area contributed by atoms with Crippen molar-refractivity contribution in [3.8, 4) is 33.8 Å². The second-order valence-electron chi connectivity index (χ2n) is 10.5. The Morgan fingerprint density at radius 1 is 0.524 bits per heavy atom. The van der Waals surface area contributed by atoms with E-state index in [-0.39, 0.29) is 0 Å². The number of fused-ring (bicyclic) bond motifs is 6. The normalized spacial score (nSPS) is 12.9. The quantitative estimate of drug-likeness (QED) is 0.228. The van der Waals surface area contributed by atoms with Gasteiger partial charge >= 0.3 is 0 Å². The molecule has 8 rings (SSSR count). The fraction of sp³-hybridized carbons (Fsp3) is 0.0263. The van der Waals surface area contributed by atoms with Crippen LogP contribution < -0.4 is 5.32 Å². The third-order valence-electron chi connectivity index (χ3n) is 7.99. The summed E-state index contributed by atoms with van der Waals surface area (Å²) >= 11 is 0. The summed E-state index contributed by atoms with van der Waals surface area (Å²) in [6.07, 6.45) is 9.83. The van der Waals surface area contributed by atoms with E-state index in [1.165, 1.54) is 37.9 Å². The highest BCUT2D eigenvalue weighted by molar-refractivity contribution is 6.25. The van der Waals surface area contributed by atoms with E-state index in [4.69, 9.17) is 9.97 Å². The van der Waals surface area contributed by atoms with Crippen LogP contribution >= 0.6 is 0 Å². The molecule has 1 aliphatic rings. The van der Waals surface area contributed by atoms with Crippen molar-refractivity contribution >= 4 is 37.9 Å². The molecule has 7 aromatic rings.